The molecule has 3 aromatic heterocycles. The Morgan fingerprint density at radius 3 is 2.92 bits per heavy atom. The zero-order valence-electron chi connectivity index (χ0n) is 13.9. The van der Waals surface area contributed by atoms with Crippen LogP contribution in [0, 0.1) is 0 Å². The van der Waals surface area contributed by atoms with Gasteiger partial charge in [0, 0.05) is 29.4 Å². The van der Waals surface area contributed by atoms with Crippen molar-refractivity contribution in [2.45, 2.75) is 43.0 Å². The molecule has 128 valence electrons. The third kappa shape index (κ3) is 3.54. The topological polar surface area (TPSA) is 60.9 Å². The van der Waals surface area contributed by atoms with Crippen molar-refractivity contribution in [3.8, 4) is 0 Å². The minimum atomic E-state index is -0.189. The second-order valence-corrected chi connectivity index (χ2v) is 7.11. The summed E-state index contributed by atoms with van der Waals surface area (Å²) >= 11 is 1.63. The van der Waals surface area contributed by atoms with Crippen LogP contribution in [0.25, 0.3) is 0 Å². The van der Waals surface area contributed by atoms with Crippen molar-refractivity contribution in [1.29, 1.82) is 0 Å². The Morgan fingerprint density at radius 2 is 2.12 bits per heavy atom. The maximum Gasteiger partial charge on any atom is 0.349 e. The predicted octanol–water partition coefficient (Wildman–Crippen LogP) is 3.45. The van der Waals surface area contributed by atoms with Crippen LogP contribution in [0.5, 0.6) is 0 Å². The van der Waals surface area contributed by atoms with Crippen LogP contribution in [0.4, 0.5) is 0 Å². The van der Waals surface area contributed by atoms with Gasteiger partial charge in [0.15, 0.2) is 0 Å². The molecule has 0 atom stereocenters. The molecule has 0 spiro atoms. The molecule has 1 aliphatic rings. The Kier molecular flexibility index (Phi) is 4.70. The minimum absolute atomic E-state index is 0.189. The van der Waals surface area contributed by atoms with Crippen LogP contribution in [-0.4, -0.2) is 14.5 Å². The lowest BCUT2D eigenvalue weighted by Crippen LogP contribution is -2.30. The number of pyridine rings is 1. The van der Waals surface area contributed by atoms with Gasteiger partial charge in [0.1, 0.15) is 10.8 Å². The summed E-state index contributed by atoms with van der Waals surface area (Å²) in [4.78, 5) is 21.2. The number of rotatable bonds is 5. The smallest absolute Gasteiger partial charge is 0.349 e. The minimum Gasteiger partial charge on any atom is -0.467 e. The van der Waals surface area contributed by atoms with Gasteiger partial charge in [0.25, 0.3) is 0 Å². The van der Waals surface area contributed by atoms with E-state index in [-0.39, 0.29) is 5.69 Å². The maximum atomic E-state index is 12.6. The van der Waals surface area contributed by atoms with Gasteiger partial charge in [0.2, 0.25) is 0 Å². The first-order valence-corrected chi connectivity index (χ1v) is 9.46. The lowest BCUT2D eigenvalue weighted by molar-refractivity contribution is 0.471. The van der Waals surface area contributed by atoms with Crippen LogP contribution in [0.2, 0.25) is 0 Å². The average Bonchev–Trinajstić information content (AvgIpc) is 3.17. The van der Waals surface area contributed by atoms with E-state index < -0.39 is 0 Å². The van der Waals surface area contributed by atoms with E-state index in [4.69, 9.17) is 4.42 Å². The summed E-state index contributed by atoms with van der Waals surface area (Å²) in [5.74, 6) is 1.56. The molecule has 0 N–H and O–H groups in total. The zero-order valence-corrected chi connectivity index (χ0v) is 14.7. The number of hydrogen-bond acceptors (Lipinski definition) is 5. The van der Waals surface area contributed by atoms with E-state index >= 15 is 0 Å². The Hall–Kier alpha value is -2.34. The fourth-order valence-corrected chi connectivity index (χ4v) is 4.23. The van der Waals surface area contributed by atoms with Gasteiger partial charge in [0.05, 0.1) is 12.8 Å². The molecule has 0 saturated carbocycles. The largest absolute Gasteiger partial charge is 0.467 e. The second-order valence-electron chi connectivity index (χ2n) is 6.15. The van der Waals surface area contributed by atoms with Gasteiger partial charge >= 0.3 is 5.69 Å². The van der Waals surface area contributed by atoms with E-state index in [9.17, 15) is 4.79 Å². The zero-order chi connectivity index (χ0) is 17.1. The highest BCUT2D eigenvalue weighted by molar-refractivity contribution is 7.98. The predicted molar refractivity (Wildman–Crippen MR) is 96.7 cm³/mol. The molecular formula is C19H19N3O2S. The third-order valence-electron chi connectivity index (χ3n) is 4.44. The molecule has 3 aromatic rings. The number of nitrogens with zero attached hydrogens (tertiary/aromatic N) is 3. The van der Waals surface area contributed by atoms with Gasteiger partial charge in [-0.15, -0.1) is 11.8 Å². The molecule has 0 aromatic carbocycles. The van der Waals surface area contributed by atoms with E-state index in [0.29, 0.717) is 6.54 Å². The highest BCUT2D eigenvalue weighted by Crippen LogP contribution is 2.30. The quantitative estimate of drug-likeness (QED) is 0.519. The van der Waals surface area contributed by atoms with E-state index in [2.05, 4.69) is 9.97 Å². The van der Waals surface area contributed by atoms with Gasteiger partial charge in [-0.2, -0.15) is 4.98 Å². The molecule has 0 aliphatic heterocycles. The molecule has 5 nitrogen and oxygen atoms in total. The Balaban J connectivity index is 1.66. The fourth-order valence-electron chi connectivity index (χ4n) is 3.22. The van der Waals surface area contributed by atoms with Crippen LogP contribution in [0.3, 0.4) is 0 Å². The Morgan fingerprint density at radius 1 is 1.20 bits per heavy atom. The third-order valence-corrected chi connectivity index (χ3v) is 5.53. The number of hydrogen-bond donors (Lipinski definition) is 0. The number of thioether (sulfide) groups is 1. The van der Waals surface area contributed by atoms with E-state index in [1.807, 2.05) is 30.5 Å². The van der Waals surface area contributed by atoms with Gasteiger partial charge < -0.3 is 4.42 Å². The Labute approximate surface area is 150 Å². The highest BCUT2D eigenvalue weighted by Gasteiger charge is 2.21. The summed E-state index contributed by atoms with van der Waals surface area (Å²) in [6.07, 6.45) is 9.43. The molecule has 6 heteroatoms. The lowest BCUT2D eigenvalue weighted by Gasteiger charge is -2.22. The molecule has 0 bridgehead atoms. The van der Waals surface area contributed by atoms with Gasteiger partial charge in [-0.25, -0.2) is 4.79 Å². The van der Waals surface area contributed by atoms with Crippen molar-refractivity contribution >= 4 is 11.8 Å². The monoisotopic (exact) mass is 353 g/mol. The summed E-state index contributed by atoms with van der Waals surface area (Å²) in [5.41, 5.74) is 3.30. The second kappa shape index (κ2) is 7.27. The molecule has 0 radical (unpaired) electrons. The van der Waals surface area contributed by atoms with Crippen molar-refractivity contribution in [3.05, 3.63) is 76.0 Å². The van der Waals surface area contributed by atoms with E-state index in [1.54, 1.807) is 28.8 Å². The fraction of sp³-hybridized carbons (Fsp3) is 0.316. The highest BCUT2D eigenvalue weighted by atomic mass is 32.2. The summed E-state index contributed by atoms with van der Waals surface area (Å²) in [6.45, 7) is 0.453. The number of furan rings is 1. The summed E-state index contributed by atoms with van der Waals surface area (Å²) < 4.78 is 7.20. The van der Waals surface area contributed by atoms with E-state index in [1.165, 1.54) is 5.56 Å². The Bertz CT molecular complexity index is 904. The van der Waals surface area contributed by atoms with Gasteiger partial charge in [-0.3, -0.25) is 9.55 Å². The van der Waals surface area contributed by atoms with Crippen molar-refractivity contribution < 1.29 is 4.42 Å². The first-order valence-electron chi connectivity index (χ1n) is 8.48. The summed E-state index contributed by atoms with van der Waals surface area (Å²) in [5, 5.41) is 0.874. The molecule has 0 saturated heterocycles. The van der Waals surface area contributed by atoms with E-state index in [0.717, 1.165) is 53.5 Å². The molecule has 1 aliphatic carbocycles. The molecule has 0 amide bonds. The van der Waals surface area contributed by atoms with Crippen molar-refractivity contribution in [3.63, 3.8) is 0 Å². The average molecular weight is 353 g/mol. The van der Waals surface area contributed by atoms with Crippen LogP contribution in [0.15, 0.2) is 57.2 Å². The SMILES string of the molecule is O=c1nc(SCc2cccnc2)c2c(n1Cc1ccco1)CCCC2. The molecule has 4 rings (SSSR count). The van der Waals surface area contributed by atoms with Crippen LogP contribution < -0.4 is 5.69 Å². The normalized spacial score (nSPS) is 13.6. The van der Waals surface area contributed by atoms with Gasteiger partial charge in [-0.1, -0.05) is 6.07 Å². The van der Waals surface area contributed by atoms with Crippen molar-refractivity contribution in [1.82, 2.24) is 14.5 Å². The van der Waals surface area contributed by atoms with Crippen molar-refractivity contribution in [2.75, 3.05) is 0 Å². The summed E-state index contributed by atoms with van der Waals surface area (Å²) in [6, 6.07) is 7.72. The first kappa shape index (κ1) is 16.1. The molecule has 25 heavy (non-hydrogen) atoms. The first-order chi connectivity index (χ1) is 12.3. The lowest BCUT2D eigenvalue weighted by atomic mass is 9.97. The van der Waals surface area contributed by atoms with Crippen LogP contribution in [-0.2, 0) is 25.1 Å². The molecule has 3 heterocycles. The molecule has 0 fully saturated rings. The number of fused-ring (bicyclic) bond motifs is 1. The number of aromatic nitrogens is 3. The molecule has 0 unspecified atom stereocenters. The molecular weight excluding hydrogens is 334 g/mol. The van der Waals surface area contributed by atoms with Crippen molar-refractivity contribution in [2.24, 2.45) is 0 Å². The van der Waals surface area contributed by atoms with Crippen LogP contribution >= 0.6 is 11.8 Å². The summed E-state index contributed by atoms with van der Waals surface area (Å²) in [7, 11) is 0. The maximum absolute atomic E-state index is 12.6. The van der Waals surface area contributed by atoms with Crippen LogP contribution in [0.1, 0.15) is 35.4 Å². The van der Waals surface area contributed by atoms with Gasteiger partial charge in [-0.05, 0) is 49.4 Å². The standard InChI is InChI=1S/C19H19N3O2S/c23-19-21-18(25-13-14-5-3-9-20-11-14)16-7-1-2-8-17(16)22(19)12-15-6-4-10-24-15/h3-6,9-11H,1-2,7-8,12-13H2.